The number of likely N-dealkylation sites (N-methyl/N-ethyl adjacent to an activating group) is 1. The van der Waals surface area contributed by atoms with Crippen LogP contribution in [0.3, 0.4) is 0 Å². The summed E-state index contributed by atoms with van der Waals surface area (Å²) in [7, 11) is 2.11. The van der Waals surface area contributed by atoms with Gasteiger partial charge in [0.15, 0.2) is 0 Å². The fourth-order valence-corrected chi connectivity index (χ4v) is 2.25. The molecule has 0 aliphatic rings. The summed E-state index contributed by atoms with van der Waals surface area (Å²) in [6.45, 7) is 8.38. The number of benzene rings is 1. The van der Waals surface area contributed by atoms with E-state index in [1.54, 1.807) is 0 Å². The van der Waals surface area contributed by atoms with Crippen molar-refractivity contribution >= 4 is 5.69 Å². The Morgan fingerprint density at radius 3 is 2.61 bits per heavy atom. The van der Waals surface area contributed by atoms with E-state index in [0.29, 0.717) is 0 Å². The summed E-state index contributed by atoms with van der Waals surface area (Å²) in [6.07, 6.45) is 0.953. The molecular formula is C15H26N2O. The highest BCUT2D eigenvalue weighted by molar-refractivity contribution is 5.53. The average molecular weight is 250 g/mol. The largest absolute Gasteiger partial charge is 0.395 e. The van der Waals surface area contributed by atoms with Gasteiger partial charge in [-0.25, -0.2) is 0 Å². The van der Waals surface area contributed by atoms with E-state index >= 15 is 0 Å². The molecule has 18 heavy (non-hydrogen) atoms. The van der Waals surface area contributed by atoms with Gasteiger partial charge < -0.3 is 15.3 Å². The molecule has 0 bridgehead atoms. The zero-order valence-electron chi connectivity index (χ0n) is 12.0. The van der Waals surface area contributed by atoms with Crippen LogP contribution in [-0.2, 0) is 0 Å². The van der Waals surface area contributed by atoms with Crippen molar-refractivity contribution in [3.8, 4) is 0 Å². The van der Waals surface area contributed by atoms with Gasteiger partial charge in [-0.05, 0) is 38.4 Å². The van der Waals surface area contributed by atoms with E-state index in [0.717, 1.165) is 19.5 Å². The van der Waals surface area contributed by atoms with E-state index in [-0.39, 0.29) is 12.6 Å². The molecule has 1 rings (SSSR count). The Morgan fingerprint density at radius 1 is 1.33 bits per heavy atom. The minimum atomic E-state index is 0.197. The van der Waals surface area contributed by atoms with Gasteiger partial charge >= 0.3 is 0 Å². The van der Waals surface area contributed by atoms with Crippen LogP contribution in [0.25, 0.3) is 0 Å². The predicted octanol–water partition coefficient (Wildman–Crippen LogP) is 2.10. The molecule has 0 saturated carbocycles. The van der Waals surface area contributed by atoms with Gasteiger partial charge in [0.1, 0.15) is 0 Å². The molecular weight excluding hydrogens is 224 g/mol. The lowest BCUT2D eigenvalue weighted by molar-refractivity contribution is 0.238. The Morgan fingerprint density at radius 2 is 2.06 bits per heavy atom. The molecule has 1 unspecified atom stereocenters. The lowest BCUT2D eigenvalue weighted by Gasteiger charge is -2.24. The zero-order valence-corrected chi connectivity index (χ0v) is 12.0. The van der Waals surface area contributed by atoms with Crippen LogP contribution in [0.5, 0.6) is 0 Å². The lowest BCUT2D eigenvalue weighted by atomic mass is 10.1. The van der Waals surface area contributed by atoms with Crippen LogP contribution < -0.4 is 10.2 Å². The average Bonchev–Trinajstić information content (AvgIpc) is 2.34. The van der Waals surface area contributed by atoms with Crippen molar-refractivity contribution in [2.45, 2.75) is 33.2 Å². The number of hydrogen-bond acceptors (Lipinski definition) is 3. The van der Waals surface area contributed by atoms with Gasteiger partial charge in [0.05, 0.1) is 6.61 Å². The van der Waals surface area contributed by atoms with Gasteiger partial charge in [-0.15, -0.1) is 0 Å². The molecule has 0 heterocycles. The molecule has 0 amide bonds. The summed E-state index contributed by atoms with van der Waals surface area (Å²) in [5.74, 6) is 0. The predicted molar refractivity (Wildman–Crippen MR) is 78.4 cm³/mol. The number of aliphatic hydroxyl groups is 1. The number of rotatable bonds is 7. The third-order valence-electron chi connectivity index (χ3n) is 3.29. The van der Waals surface area contributed by atoms with E-state index in [9.17, 15) is 5.11 Å². The summed E-state index contributed by atoms with van der Waals surface area (Å²) in [5.41, 5.74) is 3.88. The second-order valence-electron chi connectivity index (χ2n) is 4.94. The first kappa shape index (κ1) is 15.0. The van der Waals surface area contributed by atoms with Crippen molar-refractivity contribution in [2.75, 3.05) is 31.6 Å². The second kappa shape index (κ2) is 7.39. The van der Waals surface area contributed by atoms with Gasteiger partial charge in [-0.3, -0.25) is 0 Å². The van der Waals surface area contributed by atoms with Gasteiger partial charge in [-0.2, -0.15) is 0 Å². The zero-order chi connectivity index (χ0) is 13.5. The number of hydrogen-bond donors (Lipinski definition) is 2. The minimum absolute atomic E-state index is 0.197. The van der Waals surface area contributed by atoms with E-state index in [4.69, 9.17) is 0 Å². The number of anilines is 1. The highest BCUT2D eigenvalue weighted by Gasteiger charge is 2.09. The van der Waals surface area contributed by atoms with E-state index in [2.05, 4.69) is 56.2 Å². The molecule has 102 valence electrons. The van der Waals surface area contributed by atoms with Crippen LogP contribution >= 0.6 is 0 Å². The first-order chi connectivity index (χ1) is 8.58. The highest BCUT2D eigenvalue weighted by Crippen LogP contribution is 2.20. The Hall–Kier alpha value is -1.06. The van der Waals surface area contributed by atoms with Crippen LogP contribution in [0.1, 0.15) is 24.5 Å². The van der Waals surface area contributed by atoms with Crippen LogP contribution in [0.2, 0.25) is 0 Å². The molecule has 1 aromatic rings. The molecule has 0 fully saturated rings. The SMILES string of the molecule is CCNC(CO)CCN(C)c1ccc(C)cc1C. The summed E-state index contributed by atoms with van der Waals surface area (Å²) < 4.78 is 0. The first-order valence-corrected chi connectivity index (χ1v) is 6.71. The van der Waals surface area contributed by atoms with Crippen molar-refractivity contribution in [3.63, 3.8) is 0 Å². The van der Waals surface area contributed by atoms with Gasteiger partial charge in [0.2, 0.25) is 0 Å². The normalized spacial score (nSPS) is 12.5. The van der Waals surface area contributed by atoms with Crippen LogP contribution in [-0.4, -0.2) is 37.9 Å². The number of nitrogens with one attached hydrogen (secondary N) is 1. The number of aryl methyl sites for hydroxylation is 2. The summed E-state index contributed by atoms with van der Waals surface area (Å²) in [4.78, 5) is 2.26. The Kier molecular flexibility index (Phi) is 6.16. The maximum atomic E-state index is 9.25. The van der Waals surface area contributed by atoms with E-state index < -0.39 is 0 Å². The minimum Gasteiger partial charge on any atom is -0.395 e. The van der Waals surface area contributed by atoms with E-state index in [1.807, 2.05) is 0 Å². The fraction of sp³-hybridized carbons (Fsp3) is 0.600. The van der Waals surface area contributed by atoms with Crippen LogP contribution in [0, 0.1) is 13.8 Å². The smallest absolute Gasteiger partial charge is 0.0585 e. The Bertz CT molecular complexity index is 366. The van der Waals surface area contributed by atoms with Gasteiger partial charge in [0.25, 0.3) is 0 Å². The standard InChI is InChI=1S/C15H26N2O/c1-5-16-14(11-18)8-9-17(4)15-7-6-12(2)10-13(15)3/h6-7,10,14,16,18H,5,8-9,11H2,1-4H3. The molecule has 0 saturated heterocycles. The van der Waals surface area contributed by atoms with Crippen LogP contribution in [0.15, 0.2) is 18.2 Å². The lowest BCUT2D eigenvalue weighted by Crippen LogP contribution is -2.35. The van der Waals surface area contributed by atoms with Crippen molar-refractivity contribution in [1.82, 2.24) is 5.32 Å². The summed E-state index contributed by atoms with van der Waals surface area (Å²) in [5, 5.41) is 12.5. The molecule has 0 aliphatic heterocycles. The molecule has 3 nitrogen and oxygen atoms in total. The monoisotopic (exact) mass is 250 g/mol. The molecule has 2 N–H and O–H groups in total. The molecule has 0 spiro atoms. The first-order valence-electron chi connectivity index (χ1n) is 6.71. The molecule has 0 radical (unpaired) electrons. The van der Waals surface area contributed by atoms with Crippen molar-refractivity contribution in [2.24, 2.45) is 0 Å². The summed E-state index contributed by atoms with van der Waals surface area (Å²) in [6, 6.07) is 6.72. The van der Waals surface area contributed by atoms with Crippen molar-refractivity contribution < 1.29 is 5.11 Å². The topological polar surface area (TPSA) is 35.5 Å². The maximum absolute atomic E-state index is 9.25. The third-order valence-corrected chi connectivity index (χ3v) is 3.29. The van der Waals surface area contributed by atoms with Gasteiger partial charge in [-0.1, -0.05) is 24.6 Å². The number of aliphatic hydroxyl groups excluding tert-OH is 1. The second-order valence-corrected chi connectivity index (χ2v) is 4.94. The molecule has 1 aromatic carbocycles. The van der Waals surface area contributed by atoms with Crippen molar-refractivity contribution in [1.29, 1.82) is 0 Å². The highest BCUT2D eigenvalue weighted by atomic mass is 16.3. The molecule has 0 aromatic heterocycles. The van der Waals surface area contributed by atoms with Crippen molar-refractivity contribution in [3.05, 3.63) is 29.3 Å². The third kappa shape index (κ3) is 4.31. The fourth-order valence-electron chi connectivity index (χ4n) is 2.25. The Labute approximate surface area is 111 Å². The number of nitrogens with zero attached hydrogens (tertiary/aromatic N) is 1. The van der Waals surface area contributed by atoms with Crippen LogP contribution in [0.4, 0.5) is 5.69 Å². The Balaban J connectivity index is 2.56. The quantitative estimate of drug-likeness (QED) is 0.778. The molecule has 1 atom stereocenters. The maximum Gasteiger partial charge on any atom is 0.0585 e. The molecule has 0 aliphatic carbocycles. The summed E-state index contributed by atoms with van der Waals surface area (Å²) >= 11 is 0. The van der Waals surface area contributed by atoms with E-state index in [1.165, 1.54) is 16.8 Å². The van der Waals surface area contributed by atoms with Gasteiger partial charge in [0, 0.05) is 25.3 Å². The molecule has 3 heteroatoms.